The number of anilines is 1. The molecular formula is C37H33N5O4S. The summed E-state index contributed by atoms with van der Waals surface area (Å²) in [6, 6.07) is 27.7. The molecule has 0 fully saturated rings. The van der Waals surface area contributed by atoms with E-state index < -0.39 is 29.7 Å². The third-order valence-corrected chi connectivity index (χ3v) is 8.37. The number of rotatable bonds is 10. The zero-order valence-electron chi connectivity index (χ0n) is 25.9. The molecule has 9 nitrogen and oxygen atoms in total. The predicted octanol–water partition coefficient (Wildman–Crippen LogP) is 5.96. The summed E-state index contributed by atoms with van der Waals surface area (Å²) >= 11 is 0.970. The van der Waals surface area contributed by atoms with Crippen LogP contribution in [0.25, 0.3) is 0 Å². The molecule has 0 spiro atoms. The van der Waals surface area contributed by atoms with Crippen LogP contribution in [0.2, 0.25) is 0 Å². The van der Waals surface area contributed by atoms with E-state index in [1.807, 2.05) is 66.7 Å². The summed E-state index contributed by atoms with van der Waals surface area (Å²) in [5, 5.41) is 8.76. The van der Waals surface area contributed by atoms with Gasteiger partial charge in [0.1, 0.15) is 5.57 Å². The molecule has 3 aromatic rings. The quantitative estimate of drug-likeness (QED) is 0.167. The van der Waals surface area contributed by atoms with E-state index in [0.29, 0.717) is 17.1 Å². The van der Waals surface area contributed by atoms with Crippen molar-refractivity contribution in [3.8, 4) is 0 Å². The summed E-state index contributed by atoms with van der Waals surface area (Å²) in [4.78, 5) is 59.7. The van der Waals surface area contributed by atoms with Crippen LogP contribution in [0.15, 0.2) is 149 Å². The van der Waals surface area contributed by atoms with Gasteiger partial charge in [-0.15, -0.1) is 0 Å². The number of aliphatic imine (C=N–C) groups is 1. The van der Waals surface area contributed by atoms with Gasteiger partial charge in [-0.25, -0.2) is 0 Å². The Labute approximate surface area is 277 Å². The molecule has 5 rings (SSSR count). The molecule has 0 saturated carbocycles. The Kier molecular flexibility index (Phi) is 10.5. The SMILES string of the molecule is C=C/C=C\C(=C/C)N1C(=O)/C(=C/[C@H]2C(=O)N(c3ccccc3)N=C2C)C(=O)N=C1SCC(=O)NC(c1ccccc1)c1ccccc1. The standard InChI is InChI=1S/C37H33N5O4S/c1-4-6-20-28(5-2)41-35(45)31(23-30-25(3)40-42(36(30)46)29-21-14-9-15-22-29)34(44)39-37(41)47-24-32(43)38-33(26-16-10-7-11-17-26)27-18-12-8-13-19-27/h4-23,30,33H,1,24H2,2-3H3,(H,38,43)/b20-6-,28-5+,31-23+/t30-/m1/s1. The second-order valence-electron chi connectivity index (χ2n) is 10.5. The van der Waals surface area contributed by atoms with E-state index in [1.165, 1.54) is 16.0 Å². The van der Waals surface area contributed by atoms with Crippen LogP contribution in [0.5, 0.6) is 0 Å². The monoisotopic (exact) mass is 643 g/mol. The van der Waals surface area contributed by atoms with Crippen LogP contribution in [0.4, 0.5) is 5.69 Å². The number of thioether (sulfide) groups is 1. The van der Waals surface area contributed by atoms with Crippen molar-refractivity contribution in [2.75, 3.05) is 10.8 Å². The van der Waals surface area contributed by atoms with E-state index >= 15 is 0 Å². The summed E-state index contributed by atoms with van der Waals surface area (Å²) in [6.45, 7) is 7.12. The second kappa shape index (κ2) is 15.1. The Morgan fingerprint density at radius 1 is 0.957 bits per heavy atom. The van der Waals surface area contributed by atoms with Crippen molar-refractivity contribution < 1.29 is 19.2 Å². The number of nitrogens with one attached hydrogen (secondary N) is 1. The number of hydrogen-bond acceptors (Lipinski definition) is 6. The Balaban J connectivity index is 1.41. The van der Waals surface area contributed by atoms with Gasteiger partial charge in [-0.3, -0.25) is 24.1 Å². The smallest absolute Gasteiger partial charge is 0.284 e. The van der Waals surface area contributed by atoms with Crippen LogP contribution in [0.3, 0.4) is 0 Å². The average molecular weight is 644 g/mol. The third-order valence-electron chi connectivity index (χ3n) is 7.43. The second-order valence-corrected chi connectivity index (χ2v) is 11.5. The van der Waals surface area contributed by atoms with Crippen molar-refractivity contribution in [1.82, 2.24) is 10.2 Å². The van der Waals surface area contributed by atoms with Crippen LogP contribution in [0, 0.1) is 5.92 Å². The minimum Gasteiger partial charge on any atom is -0.344 e. The van der Waals surface area contributed by atoms with Crippen LogP contribution < -0.4 is 10.3 Å². The highest BCUT2D eigenvalue weighted by Crippen LogP contribution is 2.30. The molecule has 0 unspecified atom stereocenters. The fourth-order valence-corrected chi connectivity index (χ4v) is 5.91. The highest BCUT2D eigenvalue weighted by molar-refractivity contribution is 8.14. The molecule has 2 aliphatic heterocycles. The van der Waals surface area contributed by atoms with Crippen LogP contribution in [-0.4, -0.2) is 45.2 Å². The molecule has 1 N–H and O–H groups in total. The van der Waals surface area contributed by atoms with Crippen molar-refractivity contribution in [3.05, 3.63) is 150 Å². The molecule has 1 atom stereocenters. The van der Waals surface area contributed by atoms with Crippen molar-refractivity contribution in [2.24, 2.45) is 16.0 Å². The van der Waals surface area contributed by atoms with E-state index in [9.17, 15) is 19.2 Å². The first-order chi connectivity index (χ1) is 22.8. The first-order valence-electron chi connectivity index (χ1n) is 14.9. The van der Waals surface area contributed by atoms with Gasteiger partial charge in [-0.2, -0.15) is 15.1 Å². The zero-order valence-corrected chi connectivity index (χ0v) is 26.8. The summed E-state index contributed by atoms with van der Waals surface area (Å²) in [5.74, 6) is -3.22. The van der Waals surface area contributed by atoms with Gasteiger partial charge in [0, 0.05) is 5.70 Å². The van der Waals surface area contributed by atoms with Gasteiger partial charge in [0.15, 0.2) is 5.17 Å². The van der Waals surface area contributed by atoms with Crippen LogP contribution in [-0.2, 0) is 19.2 Å². The lowest BCUT2D eigenvalue weighted by molar-refractivity contribution is -0.126. The van der Waals surface area contributed by atoms with Crippen molar-refractivity contribution in [2.45, 2.75) is 19.9 Å². The molecule has 4 amide bonds. The van der Waals surface area contributed by atoms with E-state index in [1.54, 1.807) is 62.4 Å². The number of amidine groups is 1. The highest BCUT2D eigenvalue weighted by atomic mass is 32.2. The molecule has 236 valence electrons. The Bertz CT molecular complexity index is 1790. The van der Waals surface area contributed by atoms with Gasteiger partial charge in [0.25, 0.3) is 17.7 Å². The molecule has 2 heterocycles. The van der Waals surface area contributed by atoms with Gasteiger partial charge in [-0.05, 0) is 49.3 Å². The number of carbonyl (C=O) groups is 4. The van der Waals surface area contributed by atoms with E-state index in [0.717, 1.165) is 22.9 Å². The maximum atomic E-state index is 14.0. The van der Waals surface area contributed by atoms with Crippen molar-refractivity contribution >= 4 is 52.0 Å². The molecule has 10 heteroatoms. The summed E-state index contributed by atoms with van der Waals surface area (Å²) < 4.78 is 0. The normalized spacial score (nSPS) is 17.9. The van der Waals surface area contributed by atoms with E-state index in [4.69, 9.17) is 0 Å². The van der Waals surface area contributed by atoms with E-state index in [-0.39, 0.29) is 22.4 Å². The van der Waals surface area contributed by atoms with Crippen LogP contribution >= 0.6 is 11.8 Å². The molecular weight excluding hydrogens is 611 g/mol. The lowest BCUT2D eigenvalue weighted by atomic mass is 9.99. The van der Waals surface area contributed by atoms with Gasteiger partial charge in [0.05, 0.1) is 29.1 Å². The summed E-state index contributed by atoms with van der Waals surface area (Å²) in [6.07, 6.45) is 7.87. The number of amides is 4. The first-order valence-corrected chi connectivity index (χ1v) is 15.9. The lowest BCUT2D eigenvalue weighted by Gasteiger charge is -2.28. The highest BCUT2D eigenvalue weighted by Gasteiger charge is 2.39. The largest absolute Gasteiger partial charge is 0.344 e. The number of nitrogens with zero attached hydrogens (tertiary/aromatic N) is 4. The minimum atomic E-state index is -0.930. The number of allylic oxidation sites excluding steroid dienone is 4. The number of hydrogen-bond donors (Lipinski definition) is 1. The first kappa shape index (κ1) is 32.8. The summed E-state index contributed by atoms with van der Waals surface area (Å²) in [5.41, 5.74) is 2.98. The number of hydrazone groups is 1. The Morgan fingerprint density at radius 2 is 1.55 bits per heavy atom. The fourth-order valence-electron chi connectivity index (χ4n) is 5.10. The topological polar surface area (TPSA) is 112 Å². The summed E-state index contributed by atoms with van der Waals surface area (Å²) in [7, 11) is 0. The lowest BCUT2D eigenvalue weighted by Crippen LogP contribution is -2.42. The maximum absolute atomic E-state index is 14.0. The van der Waals surface area contributed by atoms with Crippen molar-refractivity contribution in [3.63, 3.8) is 0 Å². The van der Waals surface area contributed by atoms with Gasteiger partial charge in [-0.1, -0.05) is 115 Å². The molecule has 0 aliphatic carbocycles. The number of carbonyl (C=O) groups excluding carboxylic acids is 4. The maximum Gasteiger partial charge on any atom is 0.284 e. The molecule has 2 aliphatic rings. The van der Waals surface area contributed by atoms with Crippen LogP contribution in [0.1, 0.15) is 31.0 Å². The molecule has 0 radical (unpaired) electrons. The van der Waals surface area contributed by atoms with Gasteiger partial charge in [0.2, 0.25) is 5.91 Å². The molecule has 47 heavy (non-hydrogen) atoms. The number of para-hydroxylation sites is 1. The predicted molar refractivity (Wildman–Crippen MR) is 186 cm³/mol. The Hall–Kier alpha value is -5.61. The van der Waals surface area contributed by atoms with Crippen molar-refractivity contribution in [1.29, 1.82) is 0 Å². The third kappa shape index (κ3) is 7.45. The zero-order chi connectivity index (χ0) is 33.3. The van der Waals surface area contributed by atoms with E-state index in [2.05, 4.69) is 22.0 Å². The van der Waals surface area contributed by atoms with Gasteiger partial charge >= 0.3 is 0 Å². The minimum absolute atomic E-state index is 0.0409. The average Bonchev–Trinajstić information content (AvgIpc) is 3.38. The Morgan fingerprint density at radius 3 is 2.13 bits per heavy atom. The molecule has 0 aromatic heterocycles. The molecule has 0 bridgehead atoms. The fraction of sp³-hybridized carbons (Fsp3) is 0.135. The number of benzene rings is 3. The molecule has 3 aromatic carbocycles. The molecule has 0 saturated heterocycles. The van der Waals surface area contributed by atoms with Gasteiger partial charge < -0.3 is 5.32 Å².